The number of benzene rings is 1. The van der Waals surface area contributed by atoms with Gasteiger partial charge in [-0.05, 0) is 24.6 Å². The molecule has 0 aliphatic heterocycles. The fourth-order valence-corrected chi connectivity index (χ4v) is 1.73. The smallest absolute Gasteiger partial charge is 0.159 e. The van der Waals surface area contributed by atoms with Crippen molar-refractivity contribution < 1.29 is 5.11 Å². The maximum atomic E-state index is 9.10. The summed E-state index contributed by atoms with van der Waals surface area (Å²) >= 11 is 5.83. The number of hydrogen-bond donors (Lipinski definition) is 1. The molecule has 0 aliphatic carbocycles. The number of halogens is 1. The van der Waals surface area contributed by atoms with Crippen LogP contribution in [0.25, 0.3) is 0 Å². The Balaban J connectivity index is 2.31. The van der Waals surface area contributed by atoms with Gasteiger partial charge in [-0.3, -0.25) is 0 Å². The summed E-state index contributed by atoms with van der Waals surface area (Å²) in [6.45, 7) is 1.91. The molecule has 1 aromatic carbocycles. The first-order valence-electron chi connectivity index (χ1n) is 4.97. The highest BCUT2D eigenvalue weighted by Crippen LogP contribution is 2.20. The van der Waals surface area contributed by atoms with Gasteiger partial charge in [-0.2, -0.15) is 0 Å². The van der Waals surface area contributed by atoms with Gasteiger partial charge in [0.1, 0.15) is 12.9 Å². The molecule has 0 radical (unpaired) electrons. The van der Waals surface area contributed by atoms with Gasteiger partial charge < -0.3 is 9.67 Å². The molecule has 2 rings (SSSR count). The minimum atomic E-state index is -0.113. The van der Waals surface area contributed by atoms with Crippen molar-refractivity contribution in [2.45, 2.75) is 19.6 Å². The van der Waals surface area contributed by atoms with E-state index in [1.807, 2.05) is 35.8 Å². The van der Waals surface area contributed by atoms with Gasteiger partial charge in [0.25, 0.3) is 0 Å². The highest BCUT2D eigenvalue weighted by Gasteiger charge is 2.11. The molecule has 5 heteroatoms. The van der Waals surface area contributed by atoms with E-state index < -0.39 is 0 Å². The molecule has 4 nitrogen and oxygen atoms in total. The zero-order chi connectivity index (χ0) is 11.5. The molecule has 1 N–H and O–H groups in total. The van der Waals surface area contributed by atoms with Crippen molar-refractivity contribution in [3.63, 3.8) is 0 Å². The van der Waals surface area contributed by atoms with Crippen LogP contribution in [0.3, 0.4) is 0 Å². The summed E-state index contributed by atoms with van der Waals surface area (Å²) < 4.78 is 1.84. The van der Waals surface area contributed by atoms with Crippen molar-refractivity contribution in [3.05, 3.63) is 47.0 Å². The number of aliphatic hydroxyl groups is 1. The second kappa shape index (κ2) is 4.63. The number of nitrogens with zero attached hydrogens (tertiary/aromatic N) is 3. The average molecular weight is 238 g/mol. The van der Waals surface area contributed by atoms with Crippen molar-refractivity contribution >= 4 is 11.6 Å². The fraction of sp³-hybridized carbons (Fsp3) is 0.273. The van der Waals surface area contributed by atoms with Gasteiger partial charge in [0, 0.05) is 5.02 Å². The molecule has 1 heterocycles. The van der Waals surface area contributed by atoms with E-state index >= 15 is 0 Å². The lowest BCUT2D eigenvalue weighted by Gasteiger charge is -2.15. The van der Waals surface area contributed by atoms with Gasteiger partial charge in [-0.25, -0.2) is 0 Å². The van der Waals surface area contributed by atoms with E-state index in [1.165, 1.54) is 0 Å². The maximum absolute atomic E-state index is 9.10. The Morgan fingerprint density at radius 3 is 2.69 bits per heavy atom. The van der Waals surface area contributed by atoms with Crippen LogP contribution in [-0.2, 0) is 6.61 Å². The first kappa shape index (κ1) is 11.1. The topological polar surface area (TPSA) is 50.9 Å². The van der Waals surface area contributed by atoms with Crippen LogP contribution in [0.2, 0.25) is 5.02 Å². The van der Waals surface area contributed by atoms with Crippen molar-refractivity contribution in [1.29, 1.82) is 0 Å². The van der Waals surface area contributed by atoms with Crippen LogP contribution < -0.4 is 0 Å². The van der Waals surface area contributed by atoms with Gasteiger partial charge in [-0.15, -0.1) is 10.2 Å². The lowest BCUT2D eigenvalue weighted by molar-refractivity contribution is 0.263. The van der Waals surface area contributed by atoms with Crippen LogP contribution in [0.5, 0.6) is 0 Å². The van der Waals surface area contributed by atoms with Gasteiger partial charge in [0.15, 0.2) is 5.82 Å². The second-order valence-electron chi connectivity index (χ2n) is 3.54. The van der Waals surface area contributed by atoms with Crippen molar-refractivity contribution in [3.8, 4) is 0 Å². The number of aromatic nitrogens is 3. The van der Waals surface area contributed by atoms with Gasteiger partial charge in [0.05, 0.1) is 6.04 Å². The molecule has 2 aromatic rings. The average Bonchev–Trinajstić information content (AvgIpc) is 2.77. The molecular weight excluding hydrogens is 226 g/mol. The normalized spacial score (nSPS) is 12.7. The zero-order valence-corrected chi connectivity index (χ0v) is 9.59. The van der Waals surface area contributed by atoms with Crippen LogP contribution in [-0.4, -0.2) is 19.9 Å². The van der Waals surface area contributed by atoms with E-state index in [0.717, 1.165) is 5.56 Å². The SMILES string of the molecule is CC(c1ccc(Cl)cc1)n1cnnc1CO. The highest BCUT2D eigenvalue weighted by atomic mass is 35.5. The molecule has 1 unspecified atom stereocenters. The quantitative estimate of drug-likeness (QED) is 0.889. The largest absolute Gasteiger partial charge is 0.388 e. The lowest BCUT2D eigenvalue weighted by Crippen LogP contribution is -2.09. The molecule has 0 amide bonds. The summed E-state index contributed by atoms with van der Waals surface area (Å²) in [5.74, 6) is 0.558. The summed E-state index contributed by atoms with van der Waals surface area (Å²) in [5, 5.41) is 17.4. The Morgan fingerprint density at radius 2 is 2.06 bits per heavy atom. The molecule has 0 fully saturated rings. The molecule has 0 bridgehead atoms. The molecule has 84 valence electrons. The van der Waals surface area contributed by atoms with E-state index in [-0.39, 0.29) is 12.6 Å². The molecule has 1 atom stereocenters. The Bertz CT molecular complexity index is 466. The van der Waals surface area contributed by atoms with Crippen molar-refractivity contribution in [1.82, 2.24) is 14.8 Å². The summed E-state index contributed by atoms with van der Waals surface area (Å²) in [4.78, 5) is 0. The molecule has 0 saturated carbocycles. The molecule has 16 heavy (non-hydrogen) atoms. The Labute approximate surface area is 98.5 Å². The van der Waals surface area contributed by atoms with Crippen LogP contribution in [0, 0.1) is 0 Å². The fourth-order valence-electron chi connectivity index (χ4n) is 1.61. The third kappa shape index (κ3) is 2.08. The van der Waals surface area contributed by atoms with Gasteiger partial charge in [0.2, 0.25) is 0 Å². The molecule has 1 aromatic heterocycles. The molecule has 0 spiro atoms. The van der Waals surface area contributed by atoms with Crippen LogP contribution in [0.4, 0.5) is 0 Å². The zero-order valence-electron chi connectivity index (χ0n) is 8.84. The van der Waals surface area contributed by atoms with E-state index in [2.05, 4.69) is 10.2 Å². The summed E-state index contributed by atoms with van der Waals surface area (Å²) in [6.07, 6.45) is 1.62. The lowest BCUT2D eigenvalue weighted by atomic mass is 10.1. The second-order valence-corrected chi connectivity index (χ2v) is 3.98. The Kier molecular flexibility index (Phi) is 3.22. The van der Waals surface area contributed by atoms with E-state index in [1.54, 1.807) is 6.33 Å². The summed E-state index contributed by atoms with van der Waals surface area (Å²) in [5.41, 5.74) is 1.10. The number of rotatable bonds is 3. The number of aliphatic hydroxyl groups excluding tert-OH is 1. The standard InChI is InChI=1S/C11H12ClN3O/c1-8(9-2-4-10(12)5-3-9)15-7-13-14-11(15)6-16/h2-5,7-8,16H,6H2,1H3. The first-order valence-corrected chi connectivity index (χ1v) is 5.35. The summed E-state index contributed by atoms with van der Waals surface area (Å²) in [6, 6.07) is 7.67. The van der Waals surface area contributed by atoms with Crippen molar-refractivity contribution in [2.24, 2.45) is 0 Å². The number of hydrogen-bond acceptors (Lipinski definition) is 3. The van der Waals surface area contributed by atoms with Crippen LogP contribution >= 0.6 is 11.6 Å². The van der Waals surface area contributed by atoms with Gasteiger partial charge in [-0.1, -0.05) is 23.7 Å². The first-order chi connectivity index (χ1) is 7.72. The maximum Gasteiger partial charge on any atom is 0.159 e. The highest BCUT2D eigenvalue weighted by molar-refractivity contribution is 6.30. The van der Waals surface area contributed by atoms with E-state index in [4.69, 9.17) is 16.7 Å². The minimum absolute atomic E-state index is 0.0782. The third-order valence-electron chi connectivity index (χ3n) is 2.56. The molecule has 0 aliphatic rings. The van der Waals surface area contributed by atoms with Crippen molar-refractivity contribution in [2.75, 3.05) is 0 Å². The van der Waals surface area contributed by atoms with E-state index in [0.29, 0.717) is 10.8 Å². The van der Waals surface area contributed by atoms with Crippen LogP contribution in [0.15, 0.2) is 30.6 Å². The monoisotopic (exact) mass is 237 g/mol. The van der Waals surface area contributed by atoms with Gasteiger partial charge >= 0.3 is 0 Å². The third-order valence-corrected chi connectivity index (χ3v) is 2.81. The Morgan fingerprint density at radius 1 is 1.38 bits per heavy atom. The molecular formula is C11H12ClN3O. The Hall–Kier alpha value is -1.39. The molecule has 0 saturated heterocycles. The van der Waals surface area contributed by atoms with Crippen LogP contribution in [0.1, 0.15) is 24.4 Å². The summed E-state index contributed by atoms with van der Waals surface area (Å²) in [7, 11) is 0. The predicted molar refractivity (Wildman–Crippen MR) is 61.2 cm³/mol. The predicted octanol–water partition coefficient (Wildman–Crippen LogP) is 2.03. The van der Waals surface area contributed by atoms with E-state index in [9.17, 15) is 0 Å². The minimum Gasteiger partial charge on any atom is -0.388 e.